The molecule has 0 aliphatic rings. The van der Waals surface area contributed by atoms with Crippen LogP contribution in [-0.2, 0) is 9.53 Å². The fourth-order valence-corrected chi connectivity index (χ4v) is 1.16. The van der Waals surface area contributed by atoms with Gasteiger partial charge in [-0.3, -0.25) is 9.69 Å². The zero-order valence-electron chi connectivity index (χ0n) is 9.64. The van der Waals surface area contributed by atoms with Crippen molar-refractivity contribution in [2.75, 3.05) is 26.3 Å². The minimum Gasteiger partial charge on any atom is -0.465 e. The summed E-state index contributed by atoms with van der Waals surface area (Å²) in [6.07, 6.45) is -0.818. The SMILES string of the molecule is CCOC(=O)CN(CC(O)CO)C(C)C. The van der Waals surface area contributed by atoms with Crippen LogP contribution in [0.4, 0.5) is 0 Å². The molecule has 0 saturated heterocycles. The third-order valence-corrected chi connectivity index (χ3v) is 2.02. The summed E-state index contributed by atoms with van der Waals surface area (Å²) in [6, 6.07) is 0.121. The first-order valence-electron chi connectivity index (χ1n) is 5.19. The Labute approximate surface area is 90.6 Å². The van der Waals surface area contributed by atoms with Crippen LogP contribution in [0, 0.1) is 0 Å². The summed E-state index contributed by atoms with van der Waals surface area (Å²) in [5, 5.41) is 18.0. The highest BCUT2D eigenvalue weighted by Crippen LogP contribution is 2.00. The highest BCUT2D eigenvalue weighted by molar-refractivity contribution is 5.71. The molecule has 0 rings (SSSR count). The van der Waals surface area contributed by atoms with E-state index in [1.807, 2.05) is 13.8 Å². The largest absolute Gasteiger partial charge is 0.465 e. The molecule has 0 fully saturated rings. The summed E-state index contributed by atoms with van der Waals surface area (Å²) in [4.78, 5) is 13.0. The number of rotatable bonds is 7. The van der Waals surface area contributed by atoms with E-state index in [0.29, 0.717) is 6.61 Å². The van der Waals surface area contributed by atoms with Crippen LogP contribution in [0.15, 0.2) is 0 Å². The van der Waals surface area contributed by atoms with Crippen molar-refractivity contribution in [3.8, 4) is 0 Å². The Morgan fingerprint density at radius 1 is 1.47 bits per heavy atom. The Bertz CT molecular complexity index is 184. The summed E-state index contributed by atoms with van der Waals surface area (Å²) in [7, 11) is 0. The number of hydrogen-bond acceptors (Lipinski definition) is 5. The topological polar surface area (TPSA) is 70.0 Å². The van der Waals surface area contributed by atoms with Crippen LogP contribution in [0.1, 0.15) is 20.8 Å². The first-order valence-corrected chi connectivity index (χ1v) is 5.19. The van der Waals surface area contributed by atoms with Gasteiger partial charge in [-0.05, 0) is 20.8 Å². The summed E-state index contributed by atoms with van der Waals surface area (Å²) < 4.78 is 4.81. The zero-order chi connectivity index (χ0) is 11.8. The first-order chi connectivity index (χ1) is 7.01. The summed E-state index contributed by atoms with van der Waals surface area (Å²) in [5.74, 6) is -0.309. The van der Waals surface area contributed by atoms with Crippen molar-refractivity contribution in [2.45, 2.75) is 32.9 Å². The normalized spacial score (nSPS) is 13.3. The van der Waals surface area contributed by atoms with Gasteiger partial charge in [0.25, 0.3) is 0 Å². The molecule has 0 aromatic heterocycles. The van der Waals surface area contributed by atoms with Crippen molar-refractivity contribution >= 4 is 5.97 Å². The molecule has 5 nitrogen and oxygen atoms in total. The van der Waals surface area contributed by atoms with Crippen molar-refractivity contribution in [1.29, 1.82) is 0 Å². The Hall–Kier alpha value is -0.650. The van der Waals surface area contributed by atoms with E-state index in [0.717, 1.165) is 0 Å². The lowest BCUT2D eigenvalue weighted by molar-refractivity contribution is -0.145. The van der Waals surface area contributed by atoms with Gasteiger partial charge in [0.2, 0.25) is 0 Å². The number of ether oxygens (including phenoxy) is 1. The predicted molar refractivity (Wildman–Crippen MR) is 56.4 cm³/mol. The predicted octanol–water partition coefficient (Wildman–Crippen LogP) is -0.387. The number of carbonyl (C=O) groups is 1. The highest BCUT2D eigenvalue weighted by Gasteiger charge is 2.17. The van der Waals surface area contributed by atoms with Gasteiger partial charge in [0.05, 0.1) is 25.9 Å². The van der Waals surface area contributed by atoms with Gasteiger partial charge in [0.15, 0.2) is 0 Å². The molecular weight excluding hydrogens is 198 g/mol. The van der Waals surface area contributed by atoms with Crippen molar-refractivity contribution in [3.05, 3.63) is 0 Å². The molecule has 0 aromatic carbocycles. The molecule has 1 atom stereocenters. The average molecular weight is 219 g/mol. The second-order valence-electron chi connectivity index (χ2n) is 3.66. The molecule has 0 spiro atoms. The summed E-state index contributed by atoms with van der Waals surface area (Å²) >= 11 is 0. The lowest BCUT2D eigenvalue weighted by Gasteiger charge is -2.26. The van der Waals surface area contributed by atoms with E-state index >= 15 is 0 Å². The quantitative estimate of drug-likeness (QED) is 0.571. The molecule has 0 saturated carbocycles. The molecule has 0 aromatic rings. The Balaban J connectivity index is 4.09. The number of hydrogen-bond donors (Lipinski definition) is 2. The monoisotopic (exact) mass is 219 g/mol. The third kappa shape index (κ3) is 6.43. The number of aliphatic hydroxyl groups is 2. The van der Waals surface area contributed by atoms with Crippen molar-refractivity contribution in [2.24, 2.45) is 0 Å². The van der Waals surface area contributed by atoms with E-state index in [9.17, 15) is 9.90 Å². The van der Waals surface area contributed by atoms with Crippen LogP contribution in [0.3, 0.4) is 0 Å². The number of aliphatic hydroxyl groups excluding tert-OH is 2. The number of nitrogens with zero attached hydrogens (tertiary/aromatic N) is 1. The lowest BCUT2D eigenvalue weighted by atomic mass is 10.2. The van der Waals surface area contributed by atoms with E-state index < -0.39 is 6.10 Å². The van der Waals surface area contributed by atoms with E-state index in [-0.39, 0.29) is 31.7 Å². The van der Waals surface area contributed by atoms with Crippen molar-refractivity contribution < 1.29 is 19.7 Å². The van der Waals surface area contributed by atoms with Gasteiger partial charge in [-0.25, -0.2) is 0 Å². The van der Waals surface area contributed by atoms with Gasteiger partial charge in [0.1, 0.15) is 0 Å². The maximum atomic E-state index is 11.2. The minimum absolute atomic E-state index is 0.121. The Morgan fingerprint density at radius 2 is 2.07 bits per heavy atom. The van der Waals surface area contributed by atoms with E-state index in [4.69, 9.17) is 9.84 Å². The van der Waals surface area contributed by atoms with Gasteiger partial charge in [0, 0.05) is 12.6 Å². The van der Waals surface area contributed by atoms with Gasteiger partial charge < -0.3 is 14.9 Å². The zero-order valence-corrected chi connectivity index (χ0v) is 9.64. The molecule has 2 N–H and O–H groups in total. The van der Waals surface area contributed by atoms with Crippen LogP contribution in [0.5, 0.6) is 0 Å². The second kappa shape index (κ2) is 7.62. The Morgan fingerprint density at radius 3 is 2.47 bits per heavy atom. The molecule has 0 aliphatic heterocycles. The van der Waals surface area contributed by atoms with Crippen molar-refractivity contribution in [3.63, 3.8) is 0 Å². The molecule has 15 heavy (non-hydrogen) atoms. The first kappa shape index (κ1) is 14.3. The van der Waals surface area contributed by atoms with Crippen LogP contribution in [0.25, 0.3) is 0 Å². The second-order valence-corrected chi connectivity index (χ2v) is 3.66. The number of carbonyl (C=O) groups excluding carboxylic acids is 1. The van der Waals surface area contributed by atoms with Crippen LogP contribution >= 0.6 is 0 Å². The molecular formula is C10H21NO4. The standard InChI is InChI=1S/C10H21NO4/c1-4-15-10(14)6-11(8(2)3)5-9(13)7-12/h8-9,12-13H,4-7H2,1-3H3. The number of esters is 1. The van der Waals surface area contributed by atoms with Gasteiger partial charge >= 0.3 is 5.97 Å². The molecule has 90 valence electrons. The fourth-order valence-electron chi connectivity index (χ4n) is 1.16. The molecule has 1 unspecified atom stereocenters. The van der Waals surface area contributed by atoms with Crippen LogP contribution in [0.2, 0.25) is 0 Å². The maximum Gasteiger partial charge on any atom is 0.320 e. The van der Waals surface area contributed by atoms with Gasteiger partial charge in [-0.15, -0.1) is 0 Å². The smallest absolute Gasteiger partial charge is 0.320 e. The molecule has 0 aliphatic carbocycles. The minimum atomic E-state index is -0.818. The maximum absolute atomic E-state index is 11.2. The fraction of sp³-hybridized carbons (Fsp3) is 0.900. The summed E-state index contributed by atoms with van der Waals surface area (Å²) in [5.41, 5.74) is 0. The highest BCUT2D eigenvalue weighted by atomic mass is 16.5. The van der Waals surface area contributed by atoms with Gasteiger partial charge in [-0.2, -0.15) is 0 Å². The Kier molecular flexibility index (Phi) is 7.29. The van der Waals surface area contributed by atoms with Crippen LogP contribution in [-0.4, -0.2) is 59.5 Å². The third-order valence-electron chi connectivity index (χ3n) is 2.02. The molecule has 0 bridgehead atoms. The van der Waals surface area contributed by atoms with Crippen molar-refractivity contribution in [1.82, 2.24) is 4.90 Å². The molecule has 5 heteroatoms. The summed E-state index contributed by atoms with van der Waals surface area (Å²) in [6.45, 7) is 6.06. The lowest BCUT2D eigenvalue weighted by Crippen LogP contribution is -2.42. The van der Waals surface area contributed by atoms with Crippen LogP contribution < -0.4 is 0 Å². The van der Waals surface area contributed by atoms with E-state index in [1.165, 1.54) is 0 Å². The van der Waals surface area contributed by atoms with E-state index in [1.54, 1.807) is 11.8 Å². The van der Waals surface area contributed by atoms with Gasteiger partial charge in [-0.1, -0.05) is 0 Å². The molecule has 0 amide bonds. The molecule has 0 radical (unpaired) electrons. The van der Waals surface area contributed by atoms with E-state index in [2.05, 4.69) is 0 Å². The average Bonchev–Trinajstić information content (AvgIpc) is 2.16. The molecule has 0 heterocycles.